The number of anilines is 1. The van der Waals surface area contributed by atoms with E-state index in [0.29, 0.717) is 5.56 Å². The van der Waals surface area contributed by atoms with Crippen molar-refractivity contribution in [1.82, 2.24) is 9.97 Å². The molecule has 0 N–H and O–H groups in total. The van der Waals surface area contributed by atoms with E-state index < -0.39 is 0 Å². The molecule has 3 aromatic rings. The molecule has 23 heavy (non-hydrogen) atoms. The fourth-order valence-electron chi connectivity index (χ4n) is 2.89. The summed E-state index contributed by atoms with van der Waals surface area (Å²) >= 11 is 0. The van der Waals surface area contributed by atoms with Crippen LogP contribution in [0.3, 0.4) is 0 Å². The smallest absolute Gasteiger partial charge is 0.259 e. The van der Waals surface area contributed by atoms with E-state index >= 15 is 0 Å². The summed E-state index contributed by atoms with van der Waals surface area (Å²) in [4.78, 5) is 23.2. The van der Waals surface area contributed by atoms with Gasteiger partial charge in [0.1, 0.15) is 0 Å². The number of aromatic nitrogens is 2. The van der Waals surface area contributed by atoms with Crippen LogP contribution in [0.1, 0.15) is 15.9 Å². The second-order valence-corrected chi connectivity index (χ2v) is 5.48. The number of fused-ring (bicyclic) bond motifs is 1. The van der Waals surface area contributed by atoms with Gasteiger partial charge in [-0.3, -0.25) is 14.8 Å². The Balaban J connectivity index is 1.61. The molecule has 0 bridgehead atoms. The molecule has 112 valence electrons. The molecule has 2 aromatic heterocycles. The molecule has 1 aliphatic heterocycles. The highest BCUT2D eigenvalue weighted by Crippen LogP contribution is 2.28. The van der Waals surface area contributed by atoms with Crippen LogP contribution in [0, 0.1) is 0 Å². The largest absolute Gasteiger partial charge is 0.308 e. The summed E-state index contributed by atoms with van der Waals surface area (Å²) < 4.78 is 0. The number of carbonyl (C=O) groups is 1. The van der Waals surface area contributed by atoms with Crippen LogP contribution in [0.15, 0.2) is 67.0 Å². The Morgan fingerprint density at radius 1 is 0.913 bits per heavy atom. The molecular weight excluding hydrogens is 286 g/mol. The molecule has 0 unspecified atom stereocenters. The monoisotopic (exact) mass is 301 g/mol. The molecule has 1 aromatic carbocycles. The van der Waals surface area contributed by atoms with Gasteiger partial charge in [0.05, 0.1) is 17.0 Å². The Morgan fingerprint density at radius 3 is 2.52 bits per heavy atom. The van der Waals surface area contributed by atoms with Crippen LogP contribution in [-0.2, 0) is 6.42 Å². The van der Waals surface area contributed by atoms with Crippen LogP contribution in [-0.4, -0.2) is 22.4 Å². The number of carbonyl (C=O) groups excluding carboxylic acids is 1. The summed E-state index contributed by atoms with van der Waals surface area (Å²) in [6.07, 6.45) is 4.27. The highest BCUT2D eigenvalue weighted by molar-refractivity contribution is 6.07. The maximum absolute atomic E-state index is 12.7. The quantitative estimate of drug-likeness (QED) is 0.729. The van der Waals surface area contributed by atoms with Crippen LogP contribution >= 0.6 is 0 Å². The number of hydrogen-bond donors (Lipinski definition) is 0. The molecule has 4 rings (SSSR count). The van der Waals surface area contributed by atoms with Crippen molar-refractivity contribution in [3.63, 3.8) is 0 Å². The Bertz CT molecular complexity index is 844. The zero-order valence-electron chi connectivity index (χ0n) is 12.5. The van der Waals surface area contributed by atoms with Crippen LogP contribution in [0.4, 0.5) is 5.69 Å². The van der Waals surface area contributed by atoms with E-state index in [1.54, 1.807) is 12.4 Å². The zero-order valence-corrected chi connectivity index (χ0v) is 12.5. The predicted molar refractivity (Wildman–Crippen MR) is 89.3 cm³/mol. The second kappa shape index (κ2) is 5.65. The maximum atomic E-state index is 12.7. The molecule has 0 radical (unpaired) electrons. The van der Waals surface area contributed by atoms with Crippen molar-refractivity contribution in [2.45, 2.75) is 6.42 Å². The minimum absolute atomic E-state index is 0.00461. The first-order chi connectivity index (χ1) is 11.3. The van der Waals surface area contributed by atoms with Crippen molar-refractivity contribution < 1.29 is 4.79 Å². The van der Waals surface area contributed by atoms with Gasteiger partial charge in [0.15, 0.2) is 0 Å². The van der Waals surface area contributed by atoms with E-state index in [9.17, 15) is 4.79 Å². The number of benzene rings is 1. The molecule has 4 nitrogen and oxygen atoms in total. The number of amides is 1. The van der Waals surface area contributed by atoms with Gasteiger partial charge in [-0.2, -0.15) is 0 Å². The lowest BCUT2D eigenvalue weighted by molar-refractivity contribution is 0.0989. The predicted octanol–water partition coefficient (Wildman–Crippen LogP) is 3.35. The normalized spacial score (nSPS) is 13.0. The minimum atomic E-state index is -0.00461. The van der Waals surface area contributed by atoms with E-state index in [4.69, 9.17) is 0 Å². The second-order valence-electron chi connectivity index (χ2n) is 5.48. The first kappa shape index (κ1) is 13.6. The zero-order chi connectivity index (χ0) is 15.6. The van der Waals surface area contributed by atoms with Crippen molar-refractivity contribution in [2.24, 2.45) is 0 Å². The lowest BCUT2D eigenvalue weighted by Gasteiger charge is -2.17. The molecular formula is C19H15N3O. The van der Waals surface area contributed by atoms with Gasteiger partial charge in [-0.05, 0) is 42.3 Å². The van der Waals surface area contributed by atoms with E-state index in [1.165, 1.54) is 5.56 Å². The third-order valence-electron chi connectivity index (χ3n) is 4.07. The van der Waals surface area contributed by atoms with Crippen LogP contribution in [0.5, 0.6) is 0 Å². The van der Waals surface area contributed by atoms with Crippen LogP contribution < -0.4 is 4.90 Å². The first-order valence-corrected chi connectivity index (χ1v) is 7.60. The molecule has 0 atom stereocenters. The lowest BCUT2D eigenvalue weighted by Crippen LogP contribution is -2.28. The minimum Gasteiger partial charge on any atom is -0.308 e. The summed E-state index contributed by atoms with van der Waals surface area (Å²) in [5.41, 5.74) is 4.40. The molecule has 1 amide bonds. The van der Waals surface area contributed by atoms with Crippen LogP contribution in [0.2, 0.25) is 0 Å². The third kappa shape index (κ3) is 2.48. The Morgan fingerprint density at radius 2 is 1.74 bits per heavy atom. The van der Waals surface area contributed by atoms with Gasteiger partial charge >= 0.3 is 0 Å². The van der Waals surface area contributed by atoms with E-state index in [0.717, 1.165) is 30.0 Å². The summed E-state index contributed by atoms with van der Waals surface area (Å²) in [5.74, 6) is -0.00461. The number of hydrogen-bond acceptors (Lipinski definition) is 3. The number of pyridine rings is 2. The summed E-state index contributed by atoms with van der Waals surface area (Å²) in [6, 6.07) is 17.4. The molecule has 0 saturated heterocycles. The van der Waals surface area contributed by atoms with Gasteiger partial charge in [-0.15, -0.1) is 0 Å². The molecule has 0 fully saturated rings. The fraction of sp³-hybridized carbons (Fsp3) is 0.105. The van der Waals surface area contributed by atoms with Crippen molar-refractivity contribution >= 4 is 11.6 Å². The standard InChI is InChI=1S/C19H15N3O/c23-19(22-12-10-14-5-1-2-7-18(14)22)15-8-9-17(21-13-15)16-6-3-4-11-20-16/h1-9,11,13H,10,12H2. The molecule has 4 heteroatoms. The molecule has 1 aliphatic rings. The third-order valence-corrected chi connectivity index (χ3v) is 4.07. The summed E-state index contributed by atoms with van der Waals surface area (Å²) in [6.45, 7) is 0.722. The Hall–Kier alpha value is -3.01. The van der Waals surface area contributed by atoms with Gasteiger partial charge in [0.2, 0.25) is 0 Å². The van der Waals surface area contributed by atoms with Gasteiger partial charge in [-0.1, -0.05) is 24.3 Å². The van der Waals surface area contributed by atoms with Gasteiger partial charge in [0, 0.05) is 24.6 Å². The average Bonchev–Trinajstić information content (AvgIpc) is 3.06. The highest BCUT2D eigenvalue weighted by atomic mass is 16.2. The highest BCUT2D eigenvalue weighted by Gasteiger charge is 2.25. The summed E-state index contributed by atoms with van der Waals surface area (Å²) in [5, 5.41) is 0. The van der Waals surface area contributed by atoms with E-state index in [-0.39, 0.29) is 5.91 Å². The molecule has 0 spiro atoms. The molecule has 3 heterocycles. The van der Waals surface area contributed by atoms with Crippen molar-refractivity contribution in [3.05, 3.63) is 78.1 Å². The first-order valence-electron chi connectivity index (χ1n) is 7.60. The Labute approximate surface area is 134 Å². The SMILES string of the molecule is O=C(c1ccc(-c2ccccn2)nc1)N1CCc2ccccc21. The van der Waals surface area contributed by atoms with E-state index in [1.807, 2.05) is 53.4 Å². The lowest BCUT2D eigenvalue weighted by atomic mass is 10.1. The molecule has 0 aliphatic carbocycles. The topological polar surface area (TPSA) is 46.1 Å². The summed E-state index contributed by atoms with van der Waals surface area (Å²) in [7, 11) is 0. The number of nitrogens with zero attached hydrogens (tertiary/aromatic N) is 3. The fourth-order valence-corrected chi connectivity index (χ4v) is 2.89. The van der Waals surface area contributed by atoms with Gasteiger partial charge in [0.25, 0.3) is 5.91 Å². The van der Waals surface area contributed by atoms with E-state index in [2.05, 4.69) is 16.0 Å². The number of para-hydroxylation sites is 1. The Kier molecular flexibility index (Phi) is 3.35. The van der Waals surface area contributed by atoms with Crippen molar-refractivity contribution in [1.29, 1.82) is 0 Å². The van der Waals surface area contributed by atoms with Gasteiger partial charge < -0.3 is 4.90 Å². The number of rotatable bonds is 2. The molecule has 0 saturated carbocycles. The van der Waals surface area contributed by atoms with Crippen molar-refractivity contribution in [3.8, 4) is 11.4 Å². The van der Waals surface area contributed by atoms with Crippen molar-refractivity contribution in [2.75, 3.05) is 11.4 Å². The average molecular weight is 301 g/mol. The van der Waals surface area contributed by atoms with Crippen LogP contribution in [0.25, 0.3) is 11.4 Å². The maximum Gasteiger partial charge on any atom is 0.259 e. The van der Waals surface area contributed by atoms with Gasteiger partial charge in [-0.25, -0.2) is 0 Å².